The maximum absolute atomic E-state index is 12.1. The molecule has 0 unspecified atom stereocenters. The number of aliphatic hydroxyl groups is 1. The van der Waals surface area contributed by atoms with Gasteiger partial charge in [-0.2, -0.15) is 0 Å². The highest BCUT2D eigenvalue weighted by molar-refractivity contribution is 6.33. The quantitative estimate of drug-likeness (QED) is 0.886. The summed E-state index contributed by atoms with van der Waals surface area (Å²) in [6.07, 6.45) is 1.44. The number of carbonyl (C=O) groups excluding carboxylic acids is 1. The molecule has 0 aliphatic rings. The lowest BCUT2D eigenvalue weighted by Gasteiger charge is -2.38. The molecule has 5 heteroatoms. The molecular formula is C13H19ClN2O2. The van der Waals surface area contributed by atoms with Crippen LogP contribution >= 0.6 is 11.6 Å². The van der Waals surface area contributed by atoms with Crippen molar-refractivity contribution < 1.29 is 9.90 Å². The number of hydrogen-bond acceptors (Lipinski definition) is 3. The van der Waals surface area contributed by atoms with Gasteiger partial charge in [0.15, 0.2) is 0 Å². The van der Waals surface area contributed by atoms with E-state index in [1.54, 1.807) is 40.7 Å². The monoisotopic (exact) mass is 270 g/mol. The van der Waals surface area contributed by atoms with Crippen LogP contribution in [-0.4, -0.2) is 27.1 Å². The first kappa shape index (κ1) is 14.9. The summed E-state index contributed by atoms with van der Waals surface area (Å²) >= 11 is 6.00. The Bertz CT molecular complexity index is 465. The number of nitrogens with zero attached hydrogens (tertiary/aromatic N) is 1. The van der Waals surface area contributed by atoms with E-state index in [-0.39, 0.29) is 5.91 Å². The zero-order valence-corrected chi connectivity index (χ0v) is 12.1. The predicted octanol–water partition coefficient (Wildman–Crippen LogP) is 2.32. The molecule has 18 heavy (non-hydrogen) atoms. The summed E-state index contributed by atoms with van der Waals surface area (Å²) in [5.41, 5.74) is -0.774. The van der Waals surface area contributed by atoms with Crippen LogP contribution in [0.2, 0.25) is 5.02 Å². The van der Waals surface area contributed by atoms with Crippen molar-refractivity contribution in [3.8, 4) is 0 Å². The number of halogens is 1. The zero-order valence-electron chi connectivity index (χ0n) is 11.3. The second-order valence-electron chi connectivity index (χ2n) is 5.44. The summed E-state index contributed by atoms with van der Waals surface area (Å²) in [6.45, 7) is 8.58. The Labute approximate surface area is 112 Å². The Hall–Kier alpha value is -1.13. The fourth-order valence-electron chi connectivity index (χ4n) is 1.20. The molecule has 1 heterocycles. The first-order chi connectivity index (χ1) is 8.04. The maximum atomic E-state index is 12.1. The third-order valence-corrected chi connectivity index (χ3v) is 3.50. The molecule has 0 bridgehead atoms. The lowest BCUT2D eigenvalue weighted by atomic mass is 9.86. The molecule has 0 atom stereocenters. The summed E-state index contributed by atoms with van der Waals surface area (Å²) in [5.74, 6) is -0.348. The highest BCUT2D eigenvalue weighted by Crippen LogP contribution is 2.22. The van der Waals surface area contributed by atoms with Crippen molar-refractivity contribution in [2.45, 2.75) is 45.8 Å². The van der Waals surface area contributed by atoms with Gasteiger partial charge in [-0.25, -0.2) is 0 Å². The van der Waals surface area contributed by atoms with Crippen molar-refractivity contribution in [3.05, 3.63) is 28.5 Å². The molecule has 0 fully saturated rings. The summed E-state index contributed by atoms with van der Waals surface area (Å²) in [6, 6.07) is 1.63. The van der Waals surface area contributed by atoms with E-state index < -0.39 is 11.1 Å². The smallest absolute Gasteiger partial charge is 0.254 e. The van der Waals surface area contributed by atoms with E-state index in [4.69, 9.17) is 11.6 Å². The van der Waals surface area contributed by atoms with Crippen LogP contribution in [0.25, 0.3) is 0 Å². The van der Waals surface area contributed by atoms with Gasteiger partial charge in [0.05, 0.1) is 21.7 Å². The van der Waals surface area contributed by atoms with Gasteiger partial charge in [-0.05, 0) is 40.7 Å². The van der Waals surface area contributed by atoms with Crippen LogP contribution < -0.4 is 5.32 Å². The topological polar surface area (TPSA) is 62.2 Å². The zero-order chi connectivity index (χ0) is 14.1. The second kappa shape index (κ2) is 4.86. The van der Waals surface area contributed by atoms with Gasteiger partial charge in [-0.15, -0.1) is 0 Å². The number of pyridine rings is 1. The summed E-state index contributed by atoms with van der Waals surface area (Å²) in [7, 11) is 0. The third kappa shape index (κ3) is 3.21. The fraction of sp³-hybridized carbons (Fsp3) is 0.538. The molecule has 0 saturated carbocycles. The van der Waals surface area contributed by atoms with Crippen LogP contribution in [-0.2, 0) is 0 Å². The standard InChI is InChI=1S/C13H19ClN2O2/c1-8-6-10(14)9(7-15-8)11(17)16-12(2,3)13(4,5)18/h6-7,18H,1-5H3,(H,16,17). The molecule has 0 saturated heterocycles. The lowest BCUT2D eigenvalue weighted by Crippen LogP contribution is -2.57. The van der Waals surface area contributed by atoms with Gasteiger partial charge in [0.25, 0.3) is 5.91 Å². The third-order valence-electron chi connectivity index (χ3n) is 3.19. The molecule has 1 rings (SSSR count). The molecule has 0 radical (unpaired) electrons. The van der Waals surface area contributed by atoms with Crippen LogP contribution in [0.15, 0.2) is 12.3 Å². The molecule has 1 aromatic rings. The van der Waals surface area contributed by atoms with Gasteiger partial charge in [-0.3, -0.25) is 9.78 Å². The van der Waals surface area contributed by atoms with E-state index in [0.29, 0.717) is 10.6 Å². The van der Waals surface area contributed by atoms with Crippen LogP contribution in [0.3, 0.4) is 0 Å². The SMILES string of the molecule is Cc1cc(Cl)c(C(=O)NC(C)(C)C(C)(C)O)cn1. The van der Waals surface area contributed by atoms with Crippen molar-refractivity contribution in [3.63, 3.8) is 0 Å². The second-order valence-corrected chi connectivity index (χ2v) is 5.85. The van der Waals surface area contributed by atoms with Crippen molar-refractivity contribution in [2.75, 3.05) is 0 Å². The van der Waals surface area contributed by atoms with Gasteiger partial charge >= 0.3 is 0 Å². The van der Waals surface area contributed by atoms with Crippen molar-refractivity contribution in [1.82, 2.24) is 10.3 Å². The van der Waals surface area contributed by atoms with E-state index in [9.17, 15) is 9.90 Å². The van der Waals surface area contributed by atoms with Crippen LogP contribution in [0, 0.1) is 6.92 Å². The molecule has 0 aliphatic heterocycles. The summed E-state index contributed by atoms with van der Waals surface area (Å²) in [5, 5.41) is 13.1. The minimum absolute atomic E-state index is 0.305. The molecular weight excluding hydrogens is 252 g/mol. The van der Waals surface area contributed by atoms with Gasteiger partial charge in [0, 0.05) is 11.9 Å². The van der Waals surface area contributed by atoms with Gasteiger partial charge in [0.1, 0.15) is 0 Å². The average Bonchev–Trinajstić information content (AvgIpc) is 2.14. The first-order valence-electron chi connectivity index (χ1n) is 5.71. The number of nitrogens with one attached hydrogen (secondary N) is 1. The van der Waals surface area contributed by atoms with Gasteiger partial charge in [-0.1, -0.05) is 11.6 Å². The van der Waals surface area contributed by atoms with E-state index in [2.05, 4.69) is 10.3 Å². The average molecular weight is 271 g/mol. The van der Waals surface area contributed by atoms with Crippen LogP contribution in [0.4, 0.5) is 0 Å². The van der Waals surface area contributed by atoms with Crippen LogP contribution in [0.5, 0.6) is 0 Å². The molecule has 4 nitrogen and oxygen atoms in total. The first-order valence-corrected chi connectivity index (χ1v) is 6.09. The largest absolute Gasteiger partial charge is 0.388 e. The Morgan fingerprint density at radius 1 is 1.39 bits per heavy atom. The van der Waals surface area contributed by atoms with E-state index in [0.717, 1.165) is 5.69 Å². The normalized spacial score (nSPS) is 12.4. The Morgan fingerprint density at radius 2 is 1.94 bits per heavy atom. The molecule has 2 N–H and O–H groups in total. The molecule has 0 aromatic carbocycles. The number of aromatic nitrogens is 1. The maximum Gasteiger partial charge on any atom is 0.254 e. The highest BCUT2D eigenvalue weighted by atomic mass is 35.5. The number of hydrogen-bond donors (Lipinski definition) is 2. The molecule has 0 aliphatic carbocycles. The van der Waals surface area contributed by atoms with E-state index in [1.807, 2.05) is 0 Å². The van der Waals surface area contributed by atoms with Crippen molar-refractivity contribution in [1.29, 1.82) is 0 Å². The summed E-state index contributed by atoms with van der Waals surface area (Å²) < 4.78 is 0. The van der Waals surface area contributed by atoms with Crippen molar-refractivity contribution in [2.24, 2.45) is 0 Å². The predicted molar refractivity (Wildman–Crippen MR) is 71.8 cm³/mol. The lowest BCUT2D eigenvalue weighted by molar-refractivity contribution is -0.00293. The Kier molecular flexibility index (Phi) is 4.03. The Morgan fingerprint density at radius 3 is 2.39 bits per heavy atom. The molecule has 0 spiro atoms. The molecule has 100 valence electrons. The minimum Gasteiger partial charge on any atom is -0.388 e. The number of carbonyl (C=O) groups is 1. The molecule has 1 aromatic heterocycles. The van der Waals surface area contributed by atoms with Gasteiger partial charge in [0.2, 0.25) is 0 Å². The van der Waals surface area contributed by atoms with E-state index >= 15 is 0 Å². The fourth-order valence-corrected chi connectivity index (χ4v) is 1.49. The number of rotatable bonds is 3. The minimum atomic E-state index is -1.05. The Balaban J connectivity index is 2.96. The number of amides is 1. The van der Waals surface area contributed by atoms with Crippen LogP contribution in [0.1, 0.15) is 43.7 Å². The summed E-state index contributed by atoms with van der Waals surface area (Å²) in [4.78, 5) is 16.1. The highest BCUT2D eigenvalue weighted by Gasteiger charge is 2.36. The number of aryl methyl sites for hydroxylation is 1. The van der Waals surface area contributed by atoms with E-state index in [1.165, 1.54) is 6.20 Å². The van der Waals surface area contributed by atoms with Crippen molar-refractivity contribution >= 4 is 17.5 Å². The van der Waals surface area contributed by atoms with Gasteiger partial charge < -0.3 is 10.4 Å². The molecule has 1 amide bonds.